The Hall–Kier alpha value is -2.29. The van der Waals surface area contributed by atoms with Crippen molar-refractivity contribution in [3.63, 3.8) is 0 Å². The standard InChI is InChI=1S/C20H22N2O/c23-20(16-8-5-9-16)21-18-10-3-4-11-19(18)22-13-12-15-6-1-2-7-17(15)14-22/h1-4,6-7,10-11,16H,5,8-9,12-14H2,(H,21,23). The number of hydrogen-bond donors (Lipinski definition) is 1. The van der Waals surface area contributed by atoms with Gasteiger partial charge in [0.2, 0.25) is 5.91 Å². The maximum Gasteiger partial charge on any atom is 0.227 e. The van der Waals surface area contributed by atoms with E-state index in [1.807, 2.05) is 12.1 Å². The molecule has 1 aliphatic carbocycles. The summed E-state index contributed by atoms with van der Waals surface area (Å²) in [5.74, 6) is 0.395. The molecule has 0 aromatic heterocycles. The molecule has 0 atom stereocenters. The second kappa shape index (κ2) is 6.07. The minimum atomic E-state index is 0.182. The van der Waals surface area contributed by atoms with Gasteiger partial charge in [-0.05, 0) is 42.5 Å². The van der Waals surface area contributed by atoms with E-state index in [1.165, 1.54) is 17.5 Å². The Kier molecular flexibility index (Phi) is 3.78. The molecular formula is C20H22N2O. The van der Waals surface area contributed by atoms with Gasteiger partial charge in [0.25, 0.3) is 0 Å². The van der Waals surface area contributed by atoms with Gasteiger partial charge in [0.1, 0.15) is 0 Å². The van der Waals surface area contributed by atoms with Gasteiger partial charge in [-0.25, -0.2) is 0 Å². The summed E-state index contributed by atoms with van der Waals surface area (Å²) in [5, 5.41) is 3.15. The largest absolute Gasteiger partial charge is 0.365 e. The fourth-order valence-corrected chi connectivity index (χ4v) is 3.46. The molecule has 118 valence electrons. The first kappa shape index (κ1) is 14.3. The average molecular weight is 306 g/mol. The first-order valence-electron chi connectivity index (χ1n) is 8.53. The molecule has 23 heavy (non-hydrogen) atoms. The van der Waals surface area contributed by atoms with Crippen LogP contribution in [0.5, 0.6) is 0 Å². The highest BCUT2D eigenvalue weighted by Gasteiger charge is 2.26. The molecule has 1 aliphatic heterocycles. The summed E-state index contributed by atoms with van der Waals surface area (Å²) in [5.41, 5.74) is 4.91. The predicted molar refractivity (Wildman–Crippen MR) is 93.6 cm³/mol. The van der Waals surface area contributed by atoms with E-state index in [2.05, 4.69) is 46.6 Å². The minimum absolute atomic E-state index is 0.182. The molecule has 0 unspecified atom stereocenters. The Labute approximate surface area is 137 Å². The lowest BCUT2D eigenvalue weighted by molar-refractivity contribution is -0.122. The van der Waals surface area contributed by atoms with Crippen LogP contribution in [-0.2, 0) is 17.8 Å². The van der Waals surface area contributed by atoms with Crippen LogP contribution >= 0.6 is 0 Å². The zero-order valence-electron chi connectivity index (χ0n) is 13.3. The van der Waals surface area contributed by atoms with Crippen LogP contribution in [0.15, 0.2) is 48.5 Å². The van der Waals surface area contributed by atoms with Gasteiger partial charge < -0.3 is 10.2 Å². The predicted octanol–water partition coefficient (Wildman–Crippen LogP) is 3.99. The fraction of sp³-hybridized carbons (Fsp3) is 0.350. The van der Waals surface area contributed by atoms with Gasteiger partial charge in [0.15, 0.2) is 0 Å². The summed E-state index contributed by atoms with van der Waals surface area (Å²) >= 11 is 0. The summed E-state index contributed by atoms with van der Waals surface area (Å²) in [7, 11) is 0. The minimum Gasteiger partial charge on any atom is -0.365 e. The summed E-state index contributed by atoms with van der Waals surface area (Å²) in [6.45, 7) is 1.90. The van der Waals surface area contributed by atoms with E-state index in [0.717, 1.165) is 43.7 Å². The molecular weight excluding hydrogens is 284 g/mol. The van der Waals surface area contributed by atoms with E-state index < -0.39 is 0 Å². The maximum atomic E-state index is 12.3. The van der Waals surface area contributed by atoms with E-state index >= 15 is 0 Å². The number of nitrogens with one attached hydrogen (secondary N) is 1. The van der Waals surface area contributed by atoms with Crippen LogP contribution in [0.4, 0.5) is 11.4 Å². The lowest BCUT2D eigenvalue weighted by Gasteiger charge is -2.32. The van der Waals surface area contributed by atoms with Crippen molar-refractivity contribution >= 4 is 17.3 Å². The fourth-order valence-electron chi connectivity index (χ4n) is 3.46. The lowest BCUT2D eigenvalue weighted by atomic mass is 9.85. The smallest absolute Gasteiger partial charge is 0.227 e. The van der Waals surface area contributed by atoms with Crippen LogP contribution in [0.1, 0.15) is 30.4 Å². The highest BCUT2D eigenvalue weighted by Crippen LogP contribution is 2.33. The Balaban J connectivity index is 1.56. The van der Waals surface area contributed by atoms with Gasteiger partial charge in [-0.3, -0.25) is 4.79 Å². The normalized spacial score (nSPS) is 17.3. The molecule has 1 amide bonds. The molecule has 4 rings (SSSR count). The number of anilines is 2. The van der Waals surface area contributed by atoms with Crippen molar-refractivity contribution in [2.24, 2.45) is 5.92 Å². The third kappa shape index (κ3) is 2.83. The summed E-state index contributed by atoms with van der Waals surface area (Å²) in [6, 6.07) is 16.8. The van der Waals surface area contributed by atoms with E-state index in [0.29, 0.717) is 0 Å². The molecule has 1 saturated carbocycles. The Morgan fingerprint density at radius 1 is 1.00 bits per heavy atom. The monoisotopic (exact) mass is 306 g/mol. The van der Waals surface area contributed by atoms with Crippen LogP contribution in [0.25, 0.3) is 0 Å². The Morgan fingerprint density at radius 3 is 2.52 bits per heavy atom. The molecule has 1 N–H and O–H groups in total. The van der Waals surface area contributed by atoms with Crippen LogP contribution < -0.4 is 10.2 Å². The van der Waals surface area contributed by atoms with Gasteiger partial charge >= 0.3 is 0 Å². The number of amides is 1. The molecule has 0 bridgehead atoms. The first-order valence-corrected chi connectivity index (χ1v) is 8.53. The lowest BCUT2D eigenvalue weighted by Crippen LogP contribution is -2.32. The molecule has 3 heteroatoms. The van der Waals surface area contributed by atoms with E-state index in [4.69, 9.17) is 0 Å². The number of hydrogen-bond acceptors (Lipinski definition) is 2. The Morgan fingerprint density at radius 2 is 1.74 bits per heavy atom. The van der Waals surface area contributed by atoms with Crippen LogP contribution in [0.2, 0.25) is 0 Å². The van der Waals surface area contributed by atoms with Gasteiger partial charge in [-0.15, -0.1) is 0 Å². The van der Waals surface area contributed by atoms with Crippen molar-refractivity contribution < 1.29 is 4.79 Å². The average Bonchev–Trinajstić information content (AvgIpc) is 2.53. The quantitative estimate of drug-likeness (QED) is 0.930. The van der Waals surface area contributed by atoms with E-state index in [-0.39, 0.29) is 11.8 Å². The zero-order chi connectivity index (χ0) is 15.6. The Bertz CT molecular complexity index is 721. The topological polar surface area (TPSA) is 32.3 Å². The molecule has 2 aromatic rings. The molecule has 1 heterocycles. The van der Waals surface area contributed by atoms with Crippen LogP contribution in [-0.4, -0.2) is 12.5 Å². The van der Waals surface area contributed by atoms with Gasteiger partial charge in [-0.1, -0.05) is 42.8 Å². The van der Waals surface area contributed by atoms with Crippen molar-refractivity contribution in [2.75, 3.05) is 16.8 Å². The van der Waals surface area contributed by atoms with Crippen LogP contribution in [0.3, 0.4) is 0 Å². The summed E-state index contributed by atoms with van der Waals surface area (Å²) in [6.07, 6.45) is 4.31. The van der Waals surface area contributed by atoms with Crippen molar-refractivity contribution in [3.8, 4) is 0 Å². The summed E-state index contributed by atoms with van der Waals surface area (Å²) in [4.78, 5) is 14.7. The third-order valence-corrected chi connectivity index (χ3v) is 5.11. The van der Waals surface area contributed by atoms with Crippen molar-refractivity contribution in [1.29, 1.82) is 0 Å². The highest BCUT2D eigenvalue weighted by atomic mass is 16.1. The molecule has 2 aliphatic rings. The van der Waals surface area contributed by atoms with Crippen molar-refractivity contribution in [3.05, 3.63) is 59.7 Å². The number of nitrogens with zero attached hydrogens (tertiary/aromatic N) is 1. The van der Waals surface area contributed by atoms with Crippen molar-refractivity contribution in [2.45, 2.75) is 32.2 Å². The van der Waals surface area contributed by atoms with Crippen molar-refractivity contribution in [1.82, 2.24) is 0 Å². The highest BCUT2D eigenvalue weighted by molar-refractivity contribution is 5.96. The molecule has 1 fully saturated rings. The van der Waals surface area contributed by atoms with E-state index in [9.17, 15) is 4.79 Å². The molecule has 0 spiro atoms. The maximum absolute atomic E-state index is 12.3. The van der Waals surface area contributed by atoms with E-state index in [1.54, 1.807) is 0 Å². The number of fused-ring (bicyclic) bond motifs is 1. The molecule has 3 nitrogen and oxygen atoms in total. The second-order valence-electron chi connectivity index (χ2n) is 6.57. The second-order valence-corrected chi connectivity index (χ2v) is 6.57. The molecule has 0 radical (unpaired) electrons. The zero-order valence-corrected chi connectivity index (χ0v) is 13.3. The number of rotatable bonds is 3. The summed E-state index contributed by atoms with van der Waals surface area (Å²) < 4.78 is 0. The first-order chi connectivity index (χ1) is 11.3. The number of para-hydroxylation sites is 2. The van der Waals surface area contributed by atoms with Gasteiger partial charge in [0, 0.05) is 19.0 Å². The number of benzene rings is 2. The van der Waals surface area contributed by atoms with Gasteiger partial charge in [-0.2, -0.15) is 0 Å². The molecule has 2 aromatic carbocycles. The third-order valence-electron chi connectivity index (χ3n) is 5.11. The molecule has 0 saturated heterocycles. The van der Waals surface area contributed by atoms with Crippen LogP contribution in [0, 0.1) is 5.92 Å². The number of carbonyl (C=O) groups excluding carboxylic acids is 1. The van der Waals surface area contributed by atoms with Gasteiger partial charge in [0.05, 0.1) is 11.4 Å². The number of carbonyl (C=O) groups is 1. The SMILES string of the molecule is O=C(Nc1ccccc1N1CCc2ccccc2C1)C1CCC1.